The lowest BCUT2D eigenvalue weighted by molar-refractivity contribution is 0.460. The van der Waals surface area contributed by atoms with Crippen LogP contribution in [-0.2, 0) is 13.1 Å². The van der Waals surface area contributed by atoms with Crippen LogP contribution in [0.5, 0.6) is 0 Å². The lowest BCUT2D eigenvalue weighted by Crippen LogP contribution is -2.11. The van der Waals surface area contributed by atoms with E-state index in [0.29, 0.717) is 23.1 Å². The Kier molecular flexibility index (Phi) is 5.35. The number of rotatable bonds is 6. The largest absolute Gasteiger partial charge is 0.460 e. The molecule has 0 spiro atoms. The van der Waals surface area contributed by atoms with Crippen LogP contribution in [0, 0.1) is 0 Å². The van der Waals surface area contributed by atoms with Gasteiger partial charge in [-0.1, -0.05) is 23.2 Å². The number of benzene rings is 2. The van der Waals surface area contributed by atoms with Crippen molar-refractivity contribution >= 4 is 23.2 Å². The third-order valence-electron chi connectivity index (χ3n) is 4.18. The van der Waals surface area contributed by atoms with Gasteiger partial charge in [0.2, 0.25) is 0 Å². The van der Waals surface area contributed by atoms with E-state index < -0.39 is 0 Å². The van der Waals surface area contributed by atoms with Crippen molar-refractivity contribution in [3.63, 3.8) is 0 Å². The maximum absolute atomic E-state index is 5.92. The Morgan fingerprint density at radius 3 is 1.37 bits per heavy atom. The van der Waals surface area contributed by atoms with Gasteiger partial charge in [0.15, 0.2) is 0 Å². The molecular formula is C22H17Cl2NO2. The smallest absolute Gasteiger partial charge is 0.134 e. The van der Waals surface area contributed by atoms with Crippen molar-refractivity contribution in [2.24, 2.45) is 0 Å². The Balaban J connectivity index is 1.34. The first-order valence-corrected chi connectivity index (χ1v) is 9.33. The fourth-order valence-electron chi connectivity index (χ4n) is 2.79. The Morgan fingerprint density at radius 1 is 0.556 bits per heavy atom. The molecule has 2 aromatic carbocycles. The SMILES string of the molecule is Clc1ccc(-c2ccc(CNCc3ccc(-c4ccc(Cl)cc4)o3)o2)cc1. The summed E-state index contributed by atoms with van der Waals surface area (Å²) in [5, 5.41) is 4.76. The second kappa shape index (κ2) is 8.05. The van der Waals surface area contributed by atoms with Crippen LogP contribution >= 0.6 is 23.2 Å². The molecule has 0 unspecified atom stereocenters. The van der Waals surface area contributed by atoms with E-state index in [1.54, 1.807) is 0 Å². The predicted molar refractivity (Wildman–Crippen MR) is 109 cm³/mol. The molecule has 0 amide bonds. The summed E-state index contributed by atoms with van der Waals surface area (Å²) in [6, 6.07) is 23.1. The van der Waals surface area contributed by atoms with Crippen LogP contribution < -0.4 is 5.32 Å². The molecule has 27 heavy (non-hydrogen) atoms. The van der Waals surface area contributed by atoms with Crippen LogP contribution in [0.2, 0.25) is 10.0 Å². The molecule has 0 aliphatic heterocycles. The molecule has 0 atom stereocenters. The van der Waals surface area contributed by atoms with Gasteiger partial charge in [-0.15, -0.1) is 0 Å². The number of furan rings is 2. The summed E-state index contributed by atoms with van der Waals surface area (Å²) < 4.78 is 11.8. The highest BCUT2D eigenvalue weighted by atomic mass is 35.5. The third kappa shape index (κ3) is 4.45. The summed E-state index contributed by atoms with van der Waals surface area (Å²) in [7, 11) is 0. The van der Waals surface area contributed by atoms with Crippen molar-refractivity contribution in [3.05, 3.63) is 94.4 Å². The molecule has 2 heterocycles. The van der Waals surface area contributed by atoms with Gasteiger partial charge in [-0.2, -0.15) is 0 Å². The molecule has 4 rings (SSSR count). The van der Waals surface area contributed by atoms with Crippen LogP contribution in [0.3, 0.4) is 0 Å². The molecule has 1 N–H and O–H groups in total. The van der Waals surface area contributed by atoms with Gasteiger partial charge in [0.05, 0.1) is 13.1 Å². The minimum atomic E-state index is 0.616. The fraction of sp³-hybridized carbons (Fsp3) is 0.0909. The van der Waals surface area contributed by atoms with Gasteiger partial charge in [-0.3, -0.25) is 0 Å². The quantitative estimate of drug-likeness (QED) is 0.388. The van der Waals surface area contributed by atoms with E-state index in [2.05, 4.69) is 5.32 Å². The standard InChI is InChI=1S/C22H17Cl2NO2/c23-17-5-1-15(2-6-17)21-11-9-19(26-21)13-25-14-20-10-12-22(27-20)16-3-7-18(24)8-4-16/h1-12,25H,13-14H2. The van der Waals surface area contributed by atoms with Gasteiger partial charge in [-0.25, -0.2) is 0 Å². The van der Waals surface area contributed by atoms with Crippen molar-refractivity contribution in [1.29, 1.82) is 0 Å². The van der Waals surface area contributed by atoms with Gasteiger partial charge in [0.25, 0.3) is 0 Å². The zero-order valence-corrected chi connectivity index (χ0v) is 15.9. The van der Waals surface area contributed by atoms with Crippen LogP contribution in [0.1, 0.15) is 11.5 Å². The van der Waals surface area contributed by atoms with E-state index in [1.807, 2.05) is 72.8 Å². The molecule has 0 saturated heterocycles. The molecule has 0 aliphatic rings. The molecule has 4 aromatic rings. The van der Waals surface area contributed by atoms with E-state index >= 15 is 0 Å². The van der Waals surface area contributed by atoms with Crippen LogP contribution in [-0.4, -0.2) is 0 Å². The first kappa shape index (κ1) is 17.9. The van der Waals surface area contributed by atoms with Crippen molar-refractivity contribution in [1.82, 2.24) is 5.32 Å². The molecule has 0 fully saturated rings. The number of hydrogen-bond donors (Lipinski definition) is 1. The highest BCUT2D eigenvalue weighted by Gasteiger charge is 2.07. The van der Waals surface area contributed by atoms with Crippen molar-refractivity contribution in [2.45, 2.75) is 13.1 Å². The maximum atomic E-state index is 5.92. The van der Waals surface area contributed by atoms with Gasteiger partial charge in [0.1, 0.15) is 23.0 Å². The Bertz CT molecular complexity index is 933. The molecule has 136 valence electrons. The zero-order chi connectivity index (χ0) is 18.6. The first-order chi connectivity index (χ1) is 13.2. The minimum Gasteiger partial charge on any atom is -0.460 e. The Morgan fingerprint density at radius 2 is 0.963 bits per heavy atom. The fourth-order valence-corrected chi connectivity index (χ4v) is 3.05. The third-order valence-corrected chi connectivity index (χ3v) is 4.68. The number of nitrogens with one attached hydrogen (secondary N) is 1. The second-order valence-electron chi connectivity index (χ2n) is 6.15. The average Bonchev–Trinajstić information content (AvgIpc) is 3.33. The van der Waals surface area contributed by atoms with Crippen molar-refractivity contribution < 1.29 is 8.83 Å². The van der Waals surface area contributed by atoms with Crippen molar-refractivity contribution in [3.8, 4) is 22.6 Å². The van der Waals surface area contributed by atoms with E-state index in [9.17, 15) is 0 Å². The van der Waals surface area contributed by atoms with Gasteiger partial charge in [0, 0.05) is 21.2 Å². The molecule has 2 aromatic heterocycles. The summed E-state index contributed by atoms with van der Waals surface area (Å²) in [6.45, 7) is 1.23. The predicted octanol–water partition coefficient (Wildman–Crippen LogP) is 6.80. The van der Waals surface area contributed by atoms with Gasteiger partial charge in [-0.05, 0) is 72.8 Å². The Labute approximate surface area is 167 Å². The Hall–Kier alpha value is -2.46. The topological polar surface area (TPSA) is 38.3 Å². The molecule has 0 radical (unpaired) electrons. The van der Waals surface area contributed by atoms with E-state index in [-0.39, 0.29) is 0 Å². The molecule has 0 bridgehead atoms. The summed E-state index contributed by atoms with van der Waals surface area (Å²) in [5.41, 5.74) is 2.01. The first-order valence-electron chi connectivity index (χ1n) is 8.57. The van der Waals surface area contributed by atoms with E-state index in [1.165, 1.54) is 0 Å². The second-order valence-corrected chi connectivity index (χ2v) is 7.02. The van der Waals surface area contributed by atoms with E-state index in [0.717, 1.165) is 34.2 Å². The van der Waals surface area contributed by atoms with Crippen LogP contribution in [0.4, 0.5) is 0 Å². The monoisotopic (exact) mass is 397 g/mol. The van der Waals surface area contributed by atoms with Gasteiger partial charge >= 0.3 is 0 Å². The van der Waals surface area contributed by atoms with E-state index in [4.69, 9.17) is 32.0 Å². The molecule has 0 aliphatic carbocycles. The highest BCUT2D eigenvalue weighted by Crippen LogP contribution is 2.25. The van der Waals surface area contributed by atoms with Crippen LogP contribution in [0.25, 0.3) is 22.6 Å². The normalized spacial score (nSPS) is 11.0. The van der Waals surface area contributed by atoms with Crippen LogP contribution in [0.15, 0.2) is 81.6 Å². The zero-order valence-electron chi connectivity index (χ0n) is 14.4. The summed E-state index contributed by atoms with van der Waals surface area (Å²) in [6.07, 6.45) is 0. The average molecular weight is 398 g/mol. The highest BCUT2D eigenvalue weighted by molar-refractivity contribution is 6.30. The minimum absolute atomic E-state index is 0.616. The van der Waals surface area contributed by atoms with Crippen molar-refractivity contribution in [2.75, 3.05) is 0 Å². The number of halogens is 2. The molecular weight excluding hydrogens is 381 g/mol. The number of hydrogen-bond acceptors (Lipinski definition) is 3. The lowest BCUT2D eigenvalue weighted by Gasteiger charge is -2.01. The lowest BCUT2D eigenvalue weighted by atomic mass is 10.2. The molecule has 3 nitrogen and oxygen atoms in total. The summed E-state index contributed by atoms with van der Waals surface area (Å²) >= 11 is 11.8. The summed E-state index contributed by atoms with van der Waals surface area (Å²) in [4.78, 5) is 0. The molecule has 0 saturated carbocycles. The molecule has 5 heteroatoms. The van der Waals surface area contributed by atoms with Gasteiger partial charge < -0.3 is 14.2 Å². The summed E-state index contributed by atoms with van der Waals surface area (Å²) in [5.74, 6) is 3.38. The maximum Gasteiger partial charge on any atom is 0.134 e.